The fourth-order valence-electron chi connectivity index (χ4n) is 0.591. The molecule has 0 bridgehead atoms. The van der Waals surface area contributed by atoms with Gasteiger partial charge in [0.2, 0.25) is 0 Å². The zero-order valence-electron chi connectivity index (χ0n) is 6.91. The van der Waals surface area contributed by atoms with Crippen molar-refractivity contribution in [2.75, 3.05) is 6.54 Å². The molecule has 0 fully saturated rings. The molecule has 12 heavy (non-hydrogen) atoms. The highest BCUT2D eigenvalue weighted by Crippen LogP contribution is 2.13. The maximum Gasteiger partial charge on any atom is 0.405 e. The Morgan fingerprint density at radius 1 is 1.58 bits per heavy atom. The molecule has 2 nitrogen and oxygen atoms in total. The van der Waals surface area contributed by atoms with Gasteiger partial charge in [-0.05, 0) is 6.42 Å². The van der Waals surface area contributed by atoms with Crippen molar-refractivity contribution in [1.82, 2.24) is 5.32 Å². The Labute approximate surface area is 69.6 Å². The van der Waals surface area contributed by atoms with Crippen LogP contribution in [0.15, 0.2) is 12.3 Å². The minimum Gasteiger partial charge on any atom is -0.379 e. The third-order valence-corrected chi connectivity index (χ3v) is 1.40. The number of nitrogens with two attached hydrogens (primary N) is 1. The molecule has 5 heteroatoms. The number of alkyl halides is 3. The lowest BCUT2D eigenvalue weighted by atomic mass is 10.2. The van der Waals surface area contributed by atoms with Crippen LogP contribution in [0.1, 0.15) is 13.3 Å². The van der Waals surface area contributed by atoms with E-state index in [9.17, 15) is 13.2 Å². The van der Waals surface area contributed by atoms with Crippen LogP contribution in [-0.4, -0.2) is 18.8 Å². The van der Waals surface area contributed by atoms with Crippen LogP contribution < -0.4 is 11.1 Å². The summed E-state index contributed by atoms with van der Waals surface area (Å²) < 4.78 is 34.9. The van der Waals surface area contributed by atoms with Crippen molar-refractivity contribution < 1.29 is 13.2 Å². The summed E-state index contributed by atoms with van der Waals surface area (Å²) in [4.78, 5) is 0. The van der Waals surface area contributed by atoms with Gasteiger partial charge in [0, 0.05) is 11.7 Å². The average Bonchev–Trinajstić information content (AvgIpc) is 1.97. The molecule has 0 rings (SSSR count). The van der Waals surface area contributed by atoms with Crippen molar-refractivity contribution in [1.29, 1.82) is 0 Å². The molecule has 0 saturated heterocycles. The number of hydrogen-bond donors (Lipinski definition) is 2. The van der Waals surface area contributed by atoms with Crippen molar-refractivity contribution in [3.8, 4) is 0 Å². The zero-order chi connectivity index (χ0) is 9.78. The minimum atomic E-state index is -4.21. The van der Waals surface area contributed by atoms with Crippen LogP contribution in [0.4, 0.5) is 13.2 Å². The number of rotatable bonds is 4. The van der Waals surface area contributed by atoms with E-state index in [-0.39, 0.29) is 5.70 Å². The van der Waals surface area contributed by atoms with Gasteiger partial charge in [0.25, 0.3) is 0 Å². The second kappa shape index (κ2) is 4.35. The molecule has 0 aliphatic rings. The predicted molar refractivity (Wildman–Crippen MR) is 41.5 cm³/mol. The number of hydrogen-bond acceptors (Lipinski definition) is 2. The van der Waals surface area contributed by atoms with E-state index in [1.807, 2.05) is 0 Å². The highest BCUT2D eigenvalue weighted by molar-refractivity contribution is 5.01. The van der Waals surface area contributed by atoms with Gasteiger partial charge in [-0.3, -0.25) is 0 Å². The minimum absolute atomic E-state index is 0.231. The molecule has 1 unspecified atom stereocenters. The fraction of sp³-hybridized carbons (Fsp3) is 0.714. The van der Waals surface area contributed by atoms with Crippen molar-refractivity contribution in [2.24, 2.45) is 5.73 Å². The lowest BCUT2D eigenvalue weighted by Gasteiger charge is -2.16. The van der Waals surface area contributed by atoms with Crippen LogP contribution in [0, 0.1) is 0 Å². The van der Waals surface area contributed by atoms with Gasteiger partial charge in [0.05, 0.1) is 0 Å². The summed E-state index contributed by atoms with van der Waals surface area (Å²) in [6.07, 6.45) is -3.64. The second-order valence-electron chi connectivity index (χ2n) is 2.51. The lowest BCUT2D eigenvalue weighted by Crippen LogP contribution is -2.35. The lowest BCUT2D eigenvalue weighted by molar-refractivity contribution is -0.123. The largest absolute Gasteiger partial charge is 0.405 e. The van der Waals surface area contributed by atoms with Gasteiger partial charge in [0.15, 0.2) is 0 Å². The predicted octanol–water partition coefficient (Wildman–Crippen LogP) is 1.39. The van der Waals surface area contributed by atoms with Crippen molar-refractivity contribution >= 4 is 0 Å². The van der Waals surface area contributed by atoms with Crippen molar-refractivity contribution in [3.05, 3.63) is 12.3 Å². The van der Waals surface area contributed by atoms with E-state index in [0.29, 0.717) is 6.42 Å². The van der Waals surface area contributed by atoms with Crippen LogP contribution in [-0.2, 0) is 0 Å². The molecular weight excluding hydrogens is 169 g/mol. The normalized spacial score (nSPS) is 14.1. The highest BCUT2D eigenvalue weighted by Gasteiger charge is 2.27. The summed E-state index contributed by atoms with van der Waals surface area (Å²) in [7, 11) is 0. The van der Waals surface area contributed by atoms with Crippen LogP contribution in [0.25, 0.3) is 0 Å². The van der Waals surface area contributed by atoms with Gasteiger partial charge in [-0.25, -0.2) is 0 Å². The summed E-state index contributed by atoms with van der Waals surface area (Å²) in [5, 5.41) is 2.13. The average molecular weight is 182 g/mol. The van der Waals surface area contributed by atoms with Gasteiger partial charge >= 0.3 is 6.18 Å². The Kier molecular flexibility index (Phi) is 4.09. The number of nitrogens with one attached hydrogen (secondary N) is 1. The molecule has 0 amide bonds. The van der Waals surface area contributed by atoms with Gasteiger partial charge in [-0.15, -0.1) is 0 Å². The van der Waals surface area contributed by atoms with E-state index < -0.39 is 18.8 Å². The van der Waals surface area contributed by atoms with E-state index in [1.54, 1.807) is 6.92 Å². The quantitative estimate of drug-likeness (QED) is 0.689. The van der Waals surface area contributed by atoms with E-state index in [0.717, 1.165) is 0 Å². The van der Waals surface area contributed by atoms with Crippen LogP contribution >= 0.6 is 0 Å². The summed E-state index contributed by atoms with van der Waals surface area (Å²) in [5.41, 5.74) is 5.65. The first-order chi connectivity index (χ1) is 5.37. The van der Waals surface area contributed by atoms with E-state index in [4.69, 9.17) is 5.73 Å². The molecule has 0 spiro atoms. The van der Waals surface area contributed by atoms with Crippen molar-refractivity contribution in [2.45, 2.75) is 25.6 Å². The van der Waals surface area contributed by atoms with Crippen LogP contribution in [0.3, 0.4) is 0 Å². The number of halogens is 3. The molecule has 0 aromatic carbocycles. The van der Waals surface area contributed by atoms with Gasteiger partial charge < -0.3 is 11.1 Å². The van der Waals surface area contributed by atoms with E-state index in [1.165, 1.54) is 0 Å². The molecule has 0 heterocycles. The van der Waals surface area contributed by atoms with Crippen molar-refractivity contribution in [3.63, 3.8) is 0 Å². The van der Waals surface area contributed by atoms with Gasteiger partial charge in [-0.2, -0.15) is 13.2 Å². The first kappa shape index (κ1) is 11.3. The monoisotopic (exact) mass is 182 g/mol. The molecule has 0 aromatic rings. The first-order valence-electron chi connectivity index (χ1n) is 3.61. The summed E-state index contributed by atoms with van der Waals surface area (Å²) in [6, 6.07) is -0.410. The Morgan fingerprint density at radius 2 is 2.08 bits per heavy atom. The van der Waals surface area contributed by atoms with Crippen LogP contribution in [0.5, 0.6) is 0 Å². The zero-order valence-corrected chi connectivity index (χ0v) is 6.91. The Morgan fingerprint density at radius 3 is 2.42 bits per heavy atom. The Bertz CT molecular complexity index is 153. The molecular formula is C7H13F3N2. The first-order valence-corrected chi connectivity index (χ1v) is 3.61. The summed E-state index contributed by atoms with van der Waals surface area (Å²) in [6.45, 7) is 4.11. The standard InChI is InChI=1S/C7H13F3N2/c1-3-6(11)5(2)12-4-7(8,9)10/h6,12H,2-4,11H2,1H3. The molecule has 0 saturated carbocycles. The van der Waals surface area contributed by atoms with E-state index in [2.05, 4.69) is 11.9 Å². The van der Waals surface area contributed by atoms with Gasteiger partial charge in [-0.1, -0.05) is 13.5 Å². The third kappa shape index (κ3) is 5.01. The molecule has 1 atom stereocenters. The molecule has 0 radical (unpaired) electrons. The second-order valence-corrected chi connectivity index (χ2v) is 2.51. The Balaban J connectivity index is 3.72. The fourth-order valence-corrected chi connectivity index (χ4v) is 0.591. The molecule has 0 aliphatic heterocycles. The SMILES string of the molecule is C=C(NCC(F)(F)F)C(N)CC. The van der Waals surface area contributed by atoms with Gasteiger partial charge in [0.1, 0.15) is 6.54 Å². The molecule has 72 valence electrons. The van der Waals surface area contributed by atoms with Crippen LogP contribution in [0.2, 0.25) is 0 Å². The maximum absolute atomic E-state index is 11.6. The third-order valence-electron chi connectivity index (χ3n) is 1.40. The molecule has 3 N–H and O–H groups in total. The Hall–Kier alpha value is -0.710. The summed E-state index contributed by atoms with van der Waals surface area (Å²) in [5.74, 6) is 0. The smallest absolute Gasteiger partial charge is 0.379 e. The molecule has 0 aliphatic carbocycles. The summed E-state index contributed by atoms with van der Waals surface area (Å²) >= 11 is 0. The molecule has 0 aromatic heterocycles. The maximum atomic E-state index is 11.6. The topological polar surface area (TPSA) is 38.0 Å². The highest BCUT2D eigenvalue weighted by atomic mass is 19.4. The van der Waals surface area contributed by atoms with E-state index >= 15 is 0 Å².